The number of hydrogen-bond donors (Lipinski definition) is 0. The fourth-order valence-electron chi connectivity index (χ4n) is 0.473. The molecule has 13 heavy (non-hydrogen) atoms. The van der Waals surface area contributed by atoms with Crippen LogP contribution < -0.4 is 0 Å². The summed E-state index contributed by atoms with van der Waals surface area (Å²) < 4.78 is 0. The molecule has 74 valence electrons. The first-order valence-electron chi connectivity index (χ1n) is 4.34. The normalized spacial score (nSPS) is 10.2. The summed E-state index contributed by atoms with van der Waals surface area (Å²) in [6, 6.07) is 0. The zero-order valence-corrected chi connectivity index (χ0v) is 9.10. The molecule has 0 amide bonds. The van der Waals surface area contributed by atoms with Crippen molar-refractivity contribution in [2.24, 2.45) is 0 Å². The monoisotopic (exact) mass is 182 g/mol. The molecule has 0 aromatic carbocycles. The summed E-state index contributed by atoms with van der Waals surface area (Å²) in [6.07, 6.45) is 1.85. The molecule has 0 aliphatic heterocycles. The maximum Gasteiger partial charge on any atom is 0.143 e. The van der Waals surface area contributed by atoms with E-state index in [-0.39, 0.29) is 5.60 Å². The lowest BCUT2D eigenvalue weighted by Gasteiger charge is -2.15. The Morgan fingerprint density at radius 1 is 1.31 bits per heavy atom. The molecule has 0 fully saturated rings. The molecule has 0 aromatic rings. The van der Waals surface area contributed by atoms with Crippen LogP contribution in [0.3, 0.4) is 0 Å². The molecule has 0 saturated carbocycles. The van der Waals surface area contributed by atoms with Gasteiger partial charge in [0, 0.05) is 0 Å². The number of rotatable bonds is 2. The Labute approximate surface area is 80.9 Å². The van der Waals surface area contributed by atoms with Gasteiger partial charge in [0.25, 0.3) is 0 Å². The van der Waals surface area contributed by atoms with Gasteiger partial charge < -0.3 is 0 Å². The molecule has 0 aliphatic rings. The van der Waals surface area contributed by atoms with E-state index in [9.17, 15) is 0 Å². The lowest BCUT2D eigenvalue weighted by atomic mass is 10.2. The van der Waals surface area contributed by atoms with Crippen LogP contribution >= 0.6 is 0 Å². The molecule has 0 rings (SSSR count). The van der Waals surface area contributed by atoms with Gasteiger partial charge in [0.15, 0.2) is 0 Å². The highest BCUT2D eigenvalue weighted by Crippen LogP contribution is 2.06. The molecule has 0 N–H and O–H groups in total. The maximum atomic E-state index is 5.01. The van der Waals surface area contributed by atoms with Crippen molar-refractivity contribution in [3.63, 3.8) is 0 Å². The SMILES string of the molecule is CC(C)=CC#CCOOC(C)(C)C. The zero-order chi connectivity index (χ0) is 10.3. The Morgan fingerprint density at radius 2 is 1.92 bits per heavy atom. The quantitative estimate of drug-likeness (QED) is 0.283. The van der Waals surface area contributed by atoms with E-state index in [1.165, 1.54) is 5.57 Å². The standard InChI is InChI=1S/C11H18O2/c1-10(2)8-6-7-9-12-13-11(3,4)5/h8H,9H2,1-5H3. The molecule has 0 atom stereocenters. The van der Waals surface area contributed by atoms with E-state index in [0.29, 0.717) is 6.61 Å². The van der Waals surface area contributed by atoms with Crippen molar-refractivity contribution in [1.82, 2.24) is 0 Å². The molecule has 0 spiro atoms. The lowest BCUT2D eigenvalue weighted by Crippen LogP contribution is -2.19. The first kappa shape index (κ1) is 12.2. The topological polar surface area (TPSA) is 18.5 Å². The molecule has 2 heteroatoms. The van der Waals surface area contributed by atoms with Crippen molar-refractivity contribution < 1.29 is 9.78 Å². The highest BCUT2D eigenvalue weighted by Gasteiger charge is 2.10. The molecule has 0 saturated heterocycles. The Hall–Kier alpha value is -0.780. The van der Waals surface area contributed by atoms with Crippen molar-refractivity contribution in [3.8, 4) is 11.8 Å². The summed E-state index contributed by atoms with van der Waals surface area (Å²) in [5.41, 5.74) is 0.919. The van der Waals surface area contributed by atoms with E-state index >= 15 is 0 Å². The average molecular weight is 182 g/mol. The second-order valence-corrected chi connectivity index (χ2v) is 4.00. The van der Waals surface area contributed by atoms with Gasteiger partial charge in [-0.1, -0.05) is 17.4 Å². The Bertz CT molecular complexity index is 219. The Kier molecular flexibility index (Phi) is 5.45. The fourth-order valence-corrected chi connectivity index (χ4v) is 0.473. The summed E-state index contributed by atoms with van der Waals surface area (Å²) in [4.78, 5) is 9.89. The van der Waals surface area contributed by atoms with Crippen LogP contribution in [-0.4, -0.2) is 12.2 Å². The summed E-state index contributed by atoms with van der Waals surface area (Å²) in [5.74, 6) is 5.67. The predicted molar refractivity (Wildman–Crippen MR) is 54.0 cm³/mol. The highest BCUT2D eigenvalue weighted by atomic mass is 17.2. The molecule has 2 nitrogen and oxygen atoms in total. The number of hydrogen-bond acceptors (Lipinski definition) is 2. The summed E-state index contributed by atoms with van der Waals surface area (Å²) in [5, 5.41) is 0. The predicted octanol–water partition coefficient (Wildman–Crippen LogP) is 2.70. The minimum absolute atomic E-state index is 0.266. The van der Waals surface area contributed by atoms with E-state index < -0.39 is 0 Å². The Balaban J connectivity index is 3.56. The molecule has 0 radical (unpaired) electrons. The van der Waals surface area contributed by atoms with Crippen LogP contribution in [0.25, 0.3) is 0 Å². The Morgan fingerprint density at radius 3 is 2.38 bits per heavy atom. The van der Waals surface area contributed by atoms with Crippen molar-refractivity contribution >= 4 is 0 Å². The van der Waals surface area contributed by atoms with E-state index in [1.807, 2.05) is 40.7 Å². The fraction of sp³-hybridized carbons (Fsp3) is 0.636. The van der Waals surface area contributed by atoms with Crippen LogP contribution in [0.4, 0.5) is 0 Å². The molecule has 0 aliphatic carbocycles. The van der Waals surface area contributed by atoms with Gasteiger partial charge in [0.1, 0.15) is 6.61 Å². The van der Waals surface area contributed by atoms with Gasteiger partial charge >= 0.3 is 0 Å². The van der Waals surface area contributed by atoms with E-state index in [1.54, 1.807) is 0 Å². The third-order valence-corrected chi connectivity index (χ3v) is 0.903. The van der Waals surface area contributed by atoms with Crippen LogP contribution in [0.2, 0.25) is 0 Å². The third kappa shape index (κ3) is 11.2. The summed E-state index contributed by atoms with van der Waals surface area (Å²) in [6.45, 7) is 10.1. The zero-order valence-electron chi connectivity index (χ0n) is 9.10. The van der Waals surface area contributed by atoms with Gasteiger partial charge in [-0.2, -0.15) is 0 Å². The summed E-state index contributed by atoms with van der Waals surface area (Å²) >= 11 is 0. The van der Waals surface area contributed by atoms with E-state index in [4.69, 9.17) is 9.78 Å². The van der Waals surface area contributed by atoms with Gasteiger partial charge in [-0.3, -0.25) is 0 Å². The largest absolute Gasteiger partial charge is 0.230 e. The smallest absolute Gasteiger partial charge is 0.143 e. The van der Waals surface area contributed by atoms with Crippen molar-refractivity contribution in [2.75, 3.05) is 6.61 Å². The summed E-state index contributed by atoms with van der Waals surface area (Å²) in [7, 11) is 0. The highest BCUT2D eigenvalue weighted by molar-refractivity contribution is 5.18. The minimum atomic E-state index is -0.266. The van der Waals surface area contributed by atoms with Crippen LogP contribution in [0, 0.1) is 11.8 Å². The van der Waals surface area contributed by atoms with Crippen LogP contribution in [-0.2, 0) is 9.78 Å². The lowest BCUT2D eigenvalue weighted by molar-refractivity contribution is -0.340. The van der Waals surface area contributed by atoms with E-state index in [0.717, 1.165) is 0 Å². The van der Waals surface area contributed by atoms with Gasteiger partial charge in [-0.15, -0.1) is 0 Å². The van der Waals surface area contributed by atoms with Crippen LogP contribution in [0.1, 0.15) is 34.6 Å². The maximum absolute atomic E-state index is 5.01. The van der Waals surface area contributed by atoms with Crippen LogP contribution in [0.15, 0.2) is 11.6 Å². The third-order valence-electron chi connectivity index (χ3n) is 0.903. The van der Waals surface area contributed by atoms with Gasteiger partial charge in [-0.05, 0) is 40.7 Å². The van der Waals surface area contributed by atoms with E-state index in [2.05, 4.69) is 11.8 Å². The molecule has 0 unspecified atom stereocenters. The molecule has 0 heterocycles. The van der Waals surface area contributed by atoms with Crippen molar-refractivity contribution in [1.29, 1.82) is 0 Å². The first-order valence-corrected chi connectivity index (χ1v) is 4.34. The van der Waals surface area contributed by atoms with Gasteiger partial charge in [0.05, 0.1) is 5.60 Å². The number of allylic oxidation sites excluding steroid dienone is 2. The second kappa shape index (κ2) is 5.80. The van der Waals surface area contributed by atoms with Crippen molar-refractivity contribution in [3.05, 3.63) is 11.6 Å². The minimum Gasteiger partial charge on any atom is -0.230 e. The van der Waals surface area contributed by atoms with Crippen LogP contribution in [0.5, 0.6) is 0 Å². The average Bonchev–Trinajstić information content (AvgIpc) is 1.93. The van der Waals surface area contributed by atoms with Gasteiger partial charge in [0.2, 0.25) is 0 Å². The molecular weight excluding hydrogens is 164 g/mol. The first-order chi connectivity index (χ1) is 5.92. The molecule has 0 bridgehead atoms. The second-order valence-electron chi connectivity index (χ2n) is 4.00. The molecule has 0 aromatic heterocycles. The molecular formula is C11H18O2. The van der Waals surface area contributed by atoms with Crippen molar-refractivity contribution in [2.45, 2.75) is 40.2 Å². The van der Waals surface area contributed by atoms with Gasteiger partial charge in [-0.25, -0.2) is 9.78 Å².